The standard InChI is InChI=1S/C25H27Cl2N5O3S/c1-30(36(34,35)23-4-2-3-22(26)25(23)27)12-9-21(33)17-19-5-6-24(29-18-19)32-15-13-31(14-16-32)20-7-10-28-11-8-20/h2-8,10-11,18H,9,12-17H2,1H3. The number of hydrogen-bond acceptors (Lipinski definition) is 7. The number of anilines is 2. The predicted molar refractivity (Wildman–Crippen MR) is 143 cm³/mol. The number of aromatic nitrogens is 2. The molecule has 1 aliphatic heterocycles. The number of sulfonamides is 1. The Bertz CT molecular complexity index is 1300. The van der Waals surface area contributed by atoms with Crippen molar-refractivity contribution in [1.29, 1.82) is 0 Å². The maximum Gasteiger partial charge on any atom is 0.244 e. The zero-order valence-corrected chi connectivity index (χ0v) is 22.2. The number of carbonyl (C=O) groups excluding carboxylic acids is 1. The fraction of sp³-hybridized carbons (Fsp3) is 0.320. The molecular formula is C25H27Cl2N5O3S. The first-order chi connectivity index (χ1) is 17.3. The lowest BCUT2D eigenvalue weighted by atomic mass is 10.1. The van der Waals surface area contributed by atoms with Gasteiger partial charge in [-0.05, 0) is 35.9 Å². The van der Waals surface area contributed by atoms with Crippen LogP contribution in [0.5, 0.6) is 0 Å². The smallest absolute Gasteiger partial charge is 0.244 e. The first kappa shape index (κ1) is 26.3. The highest BCUT2D eigenvalue weighted by Gasteiger charge is 2.25. The Hall–Kier alpha value is -2.72. The molecule has 190 valence electrons. The maximum absolute atomic E-state index is 12.8. The Balaban J connectivity index is 1.27. The van der Waals surface area contributed by atoms with Crippen LogP contribution in [0.15, 0.2) is 66.0 Å². The lowest BCUT2D eigenvalue weighted by Gasteiger charge is -2.36. The Labute approximate surface area is 221 Å². The number of carbonyl (C=O) groups is 1. The van der Waals surface area contributed by atoms with E-state index < -0.39 is 10.0 Å². The van der Waals surface area contributed by atoms with Gasteiger partial charge in [0.25, 0.3) is 0 Å². The van der Waals surface area contributed by atoms with Crippen molar-refractivity contribution in [3.05, 3.63) is 76.7 Å². The number of rotatable bonds is 9. The molecule has 0 saturated carbocycles. The minimum Gasteiger partial charge on any atom is -0.368 e. The lowest BCUT2D eigenvalue weighted by molar-refractivity contribution is -0.118. The summed E-state index contributed by atoms with van der Waals surface area (Å²) < 4.78 is 26.8. The third-order valence-corrected chi connectivity index (χ3v) is 8.98. The van der Waals surface area contributed by atoms with E-state index in [9.17, 15) is 13.2 Å². The monoisotopic (exact) mass is 547 g/mol. The number of benzene rings is 1. The van der Waals surface area contributed by atoms with Crippen molar-refractivity contribution in [3.63, 3.8) is 0 Å². The molecule has 1 aromatic carbocycles. The molecule has 0 unspecified atom stereocenters. The van der Waals surface area contributed by atoms with Gasteiger partial charge in [-0.25, -0.2) is 17.7 Å². The molecule has 11 heteroatoms. The number of hydrogen-bond donors (Lipinski definition) is 0. The second-order valence-electron chi connectivity index (χ2n) is 8.55. The van der Waals surface area contributed by atoms with Crippen molar-refractivity contribution in [2.75, 3.05) is 49.6 Å². The lowest BCUT2D eigenvalue weighted by Crippen LogP contribution is -2.46. The molecule has 0 N–H and O–H groups in total. The van der Waals surface area contributed by atoms with E-state index in [1.807, 2.05) is 24.3 Å². The molecule has 0 atom stereocenters. The van der Waals surface area contributed by atoms with E-state index in [-0.39, 0.29) is 40.1 Å². The first-order valence-corrected chi connectivity index (χ1v) is 13.7. The summed E-state index contributed by atoms with van der Waals surface area (Å²) in [5.41, 5.74) is 1.96. The van der Waals surface area contributed by atoms with Gasteiger partial charge in [0.1, 0.15) is 16.5 Å². The highest BCUT2D eigenvalue weighted by atomic mass is 35.5. The molecule has 36 heavy (non-hydrogen) atoms. The SMILES string of the molecule is CN(CCC(=O)Cc1ccc(N2CCN(c3ccncc3)CC2)nc1)S(=O)(=O)c1cccc(Cl)c1Cl. The molecule has 2 aromatic heterocycles. The molecule has 1 fully saturated rings. The summed E-state index contributed by atoms with van der Waals surface area (Å²) in [5.74, 6) is 0.805. The number of Topliss-reactive ketones (excluding diaryl/α,β-unsaturated/α-hetero) is 1. The van der Waals surface area contributed by atoms with Crippen molar-refractivity contribution in [3.8, 4) is 0 Å². The summed E-state index contributed by atoms with van der Waals surface area (Å²) in [6.45, 7) is 3.53. The van der Waals surface area contributed by atoms with Gasteiger partial charge in [0.15, 0.2) is 0 Å². The largest absolute Gasteiger partial charge is 0.368 e. The Kier molecular flexibility index (Phi) is 8.46. The van der Waals surface area contributed by atoms with Gasteiger partial charge in [-0.2, -0.15) is 0 Å². The van der Waals surface area contributed by atoms with Gasteiger partial charge in [0, 0.05) is 76.9 Å². The zero-order chi connectivity index (χ0) is 25.7. The van der Waals surface area contributed by atoms with Crippen molar-refractivity contribution in [2.24, 2.45) is 0 Å². The van der Waals surface area contributed by atoms with E-state index in [0.717, 1.165) is 41.9 Å². The average molecular weight is 548 g/mol. The van der Waals surface area contributed by atoms with Crippen LogP contribution in [0.2, 0.25) is 10.0 Å². The molecule has 0 spiro atoms. The van der Waals surface area contributed by atoms with Crippen LogP contribution in [-0.2, 0) is 21.2 Å². The highest BCUT2D eigenvalue weighted by Crippen LogP contribution is 2.30. The maximum atomic E-state index is 12.8. The van der Waals surface area contributed by atoms with E-state index in [1.165, 1.54) is 30.9 Å². The summed E-state index contributed by atoms with van der Waals surface area (Å²) in [6, 6.07) is 12.3. The molecule has 0 aliphatic carbocycles. The number of nitrogens with zero attached hydrogens (tertiary/aromatic N) is 5. The third kappa shape index (κ3) is 6.15. The van der Waals surface area contributed by atoms with Gasteiger partial charge in [-0.3, -0.25) is 9.78 Å². The normalized spacial score (nSPS) is 14.3. The van der Waals surface area contributed by atoms with Gasteiger partial charge in [0.2, 0.25) is 10.0 Å². The minimum absolute atomic E-state index is 0.0257. The van der Waals surface area contributed by atoms with Crippen LogP contribution in [0.1, 0.15) is 12.0 Å². The topological polar surface area (TPSA) is 86.7 Å². The molecule has 0 amide bonds. The number of pyridine rings is 2. The average Bonchev–Trinajstić information content (AvgIpc) is 2.90. The summed E-state index contributed by atoms with van der Waals surface area (Å²) in [7, 11) is -2.44. The summed E-state index contributed by atoms with van der Waals surface area (Å²) in [4.78, 5) is 25.6. The van der Waals surface area contributed by atoms with Gasteiger partial charge < -0.3 is 9.80 Å². The van der Waals surface area contributed by atoms with Crippen LogP contribution in [0.4, 0.5) is 11.5 Å². The van der Waals surface area contributed by atoms with Gasteiger partial charge in [-0.15, -0.1) is 0 Å². The number of piperazine rings is 1. The summed E-state index contributed by atoms with van der Waals surface area (Å²) in [6.07, 6.45) is 5.58. The zero-order valence-electron chi connectivity index (χ0n) is 19.8. The van der Waals surface area contributed by atoms with Crippen LogP contribution in [-0.4, -0.2) is 68.2 Å². The molecular weight excluding hydrogens is 521 g/mol. The second-order valence-corrected chi connectivity index (χ2v) is 11.3. The fourth-order valence-corrected chi connectivity index (χ4v) is 5.93. The van der Waals surface area contributed by atoms with Crippen LogP contribution in [0.3, 0.4) is 0 Å². The van der Waals surface area contributed by atoms with E-state index in [1.54, 1.807) is 18.6 Å². The van der Waals surface area contributed by atoms with Crippen LogP contribution >= 0.6 is 23.2 Å². The number of halogens is 2. The van der Waals surface area contributed by atoms with Crippen molar-refractivity contribution < 1.29 is 13.2 Å². The van der Waals surface area contributed by atoms with Crippen LogP contribution < -0.4 is 9.80 Å². The highest BCUT2D eigenvalue weighted by molar-refractivity contribution is 7.89. The van der Waals surface area contributed by atoms with Crippen molar-refractivity contribution in [1.82, 2.24) is 14.3 Å². The van der Waals surface area contributed by atoms with Crippen LogP contribution in [0.25, 0.3) is 0 Å². The van der Waals surface area contributed by atoms with E-state index in [2.05, 4.69) is 19.8 Å². The molecule has 0 bridgehead atoms. The predicted octanol–water partition coefficient (Wildman–Crippen LogP) is 3.93. The van der Waals surface area contributed by atoms with E-state index in [0.29, 0.717) is 0 Å². The molecule has 3 heterocycles. The molecule has 3 aromatic rings. The van der Waals surface area contributed by atoms with Gasteiger partial charge >= 0.3 is 0 Å². The second kappa shape index (κ2) is 11.6. The van der Waals surface area contributed by atoms with Crippen molar-refractivity contribution in [2.45, 2.75) is 17.7 Å². The summed E-state index contributed by atoms with van der Waals surface area (Å²) >= 11 is 12.0. The molecule has 0 radical (unpaired) electrons. The van der Waals surface area contributed by atoms with Crippen molar-refractivity contribution >= 4 is 50.5 Å². The third-order valence-electron chi connectivity index (χ3n) is 6.15. The van der Waals surface area contributed by atoms with E-state index in [4.69, 9.17) is 23.2 Å². The Morgan fingerprint density at radius 1 is 1.00 bits per heavy atom. The quantitative estimate of drug-likeness (QED) is 0.401. The molecule has 4 rings (SSSR count). The first-order valence-electron chi connectivity index (χ1n) is 11.5. The van der Waals surface area contributed by atoms with Gasteiger partial charge in [-0.1, -0.05) is 35.3 Å². The molecule has 1 saturated heterocycles. The number of ketones is 1. The van der Waals surface area contributed by atoms with E-state index >= 15 is 0 Å². The van der Waals surface area contributed by atoms with Gasteiger partial charge in [0.05, 0.1) is 10.0 Å². The molecule has 8 nitrogen and oxygen atoms in total. The van der Waals surface area contributed by atoms with Crippen LogP contribution in [0, 0.1) is 0 Å². The summed E-state index contributed by atoms with van der Waals surface area (Å²) in [5, 5.41) is 0.135. The minimum atomic E-state index is -3.86. The Morgan fingerprint density at radius 2 is 1.69 bits per heavy atom. The Morgan fingerprint density at radius 3 is 2.36 bits per heavy atom. The fourth-order valence-electron chi connectivity index (χ4n) is 4.03. The molecule has 1 aliphatic rings.